The molecule has 1 aromatic rings. The molecule has 0 bridgehead atoms. The number of hydrogen-bond acceptors (Lipinski definition) is 2. The largest absolute Gasteiger partial charge is 0.386 e. The van der Waals surface area contributed by atoms with Crippen LogP contribution in [0.2, 0.25) is 5.02 Å². The van der Waals surface area contributed by atoms with Crippen molar-refractivity contribution >= 4 is 11.6 Å². The summed E-state index contributed by atoms with van der Waals surface area (Å²) in [5.74, 6) is 0. The lowest BCUT2D eigenvalue weighted by Crippen LogP contribution is -2.18. The molecular weight excluding hydrogens is 224 g/mol. The summed E-state index contributed by atoms with van der Waals surface area (Å²) in [5, 5.41) is 11.0. The Morgan fingerprint density at radius 1 is 1.38 bits per heavy atom. The molecular formula is C13H17ClO2. The minimum Gasteiger partial charge on any atom is -0.386 e. The lowest BCUT2D eigenvalue weighted by Gasteiger charge is -2.20. The van der Waals surface area contributed by atoms with Gasteiger partial charge in [0.2, 0.25) is 0 Å². The Morgan fingerprint density at radius 2 is 2.12 bits per heavy atom. The fraction of sp³-hybridized carbons (Fsp3) is 0.538. The van der Waals surface area contributed by atoms with Gasteiger partial charge in [-0.25, -0.2) is 0 Å². The Morgan fingerprint density at radius 3 is 2.75 bits per heavy atom. The summed E-state index contributed by atoms with van der Waals surface area (Å²) in [4.78, 5) is 0. The van der Waals surface area contributed by atoms with Crippen molar-refractivity contribution in [2.75, 3.05) is 6.61 Å². The zero-order valence-corrected chi connectivity index (χ0v) is 10.4. The van der Waals surface area contributed by atoms with Crippen molar-refractivity contribution in [1.29, 1.82) is 0 Å². The van der Waals surface area contributed by atoms with E-state index in [2.05, 4.69) is 0 Å². The Bertz CT molecular complexity index is 384. The molecule has 1 aliphatic heterocycles. The van der Waals surface area contributed by atoms with Crippen LogP contribution in [-0.2, 0) is 4.74 Å². The van der Waals surface area contributed by atoms with Crippen LogP contribution >= 0.6 is 11.6 Å². The van der Waals surface area contributed by atoms with Crippen LogP contribution < -0.4 is 0 Å². The van der Waals surface area contributed by atoms with E-state index in [9.17, 15) is 5.11 Å². The molecule has 0 aliphatic carbocycles. The van der Waals surface area contributed by atoms with Gasteiger partial charge < -0.3 is 9.84 Å². The molecule has 0 amide bonds. The fourth-order valence-electron chi connectivity index (χ4n) is 2.17. The summed E-state index contributed by atoms with van der Waals surface area (Å²) in [6.07, 6.45) is 1.38. The molecule has 1 aliphatic rings. The summed E-state index contributed by atoms with van der Waals surface area (Å²) < 4.78 is 5.51. The molecule has 1 N–H and O–H groups in total. The van der Waals surface area contributed by atoms with E-state index in [4.69, 9.17) is 16.3 Å². The summed E-state index contributed by atoms with van der Waals surface area (Å²) in [6, 6.07) is 3.87. The zero-order chi connectivity index (χ0) is 11.7. The van der Waals surface area contributed by atoms with Crippen LogP contribution in [0.15, 0.2) is 12.1 Å². The molecule has 0 aromatic heterocycles. The molecule has 2 atom stereocenters. The van der Waals surface area contributed by atoms with E-state index in [1.807, 2.05) is 26.0 Å². The van der Waals surface area contributed by atoms with Gasteiger partial charge in [-0.2, -0.15) is 0 Å². The van der Waals surface area contributed by atoms with Crippen molar-refractivity contribution in [2.24, 2.45) is 0 Å². The first-order chi connectivity index (χ1) is 7.59. The molecule has 0 saturated carbocycles. The standard InChI is InChI=1S/C13H17ClO2/c1-8-7-11(14)9(2)6-10(8)13(15)12-4-3-5-16-12/h6-7,12-13,15H,3-5H2,1-2H3. The molecule has 3 heteroatoms. The predicted octanol–water partition coefficient (Wildman–Crippen LogP) is 3.17. The minimum atomic E-state index is -0.529. The van der Waals surface area contributed by atoms with Crippen LogP contribution in [0.25, 0.3) is 0 Å². The molecule has 1 heterocycles. The van der Waals surface area contributed by atoms with Gasteiger partial charge in [-0.05, 0) is 49.4 Å². The lowest BCUT2D eigenvalue weighted by molar-refractivity contribution is -0.00290. The van der Waals surface area contributed by atoms with Gasteiger partial charge in [0.1, 0.15) is 6.10 Å². The number of aryl methyl sites for hydroxylation is 2. The number of aliphatic hydroxyl groups excluding tert-OH is 1. The van der Waals surface area contributed by atoms with Crippen molar-refractivity contribution in [3.05, 3.63) is 33.8 Å². The number of aliphatic hydroxyl groups is 1. The SMILES string of the molecule is Cc1cc(C(O)C2CCCO2)c(C)cc1Cl. The third kappa shape index (κ3) is 2.24. The first kappa shape index (κ1) is 11.9. The van der Waals surface area contributed by atoms with E-state index in [1.165, 1.54) is 0 Å². The summed E-state index contributed by atoms with van der Waals surface area (Å²) in [5.41, 5.74) is 2.96. The molecule has 0 radical (unpaired) electrons. The monoisotopic (exact) mass is 240 g/mol. The molecule has 0 spiro atoms. The van der Waals surface area contributed by atoms with Crippen molar-refractivity contribution in [2.45, 2.75) is 38.9 Å². The van der Waals surface area contributed by atoms with E-state index in [1.54, 1.807) is 0 Å². The molecule has 1 aromatic carbocycles. The summed E-state index contributed by atoms with van der Waals surface area (Å²) >= 11 is 6.04. The van der Waals surface area contributed by atoms with Gasteiger partial charge in [-0.15, -0.1) is 0 Å². The Hall–Kier alpha value is -0.570. The highest BCUT2D eigenvalue weighted by Gasteiger charge is 2.26. The Labute approximate surface area is 101 Å². The molecule has 88 valence electrons. The van der Waals surface area contributed by atoms with E-state index in [0.29, 0.717) is 0 Å². The van der Waals surface area contributed by atoms with Gasteiger partial charge in [0, 0.05) is 11.6 Å². The molecule has 2 unspecified atom stereocenters. The molecule has 2 rings (SSSR count). The van der Waals surface area contributed by atoms with Gasteiger partial charge in [0.05, 0.1) is 6.10 Å². The second-order valence-corrected chi connectivity index (χ2v) is 4.86. The minimum absolute atomic E-state index is 0.0562. The molecule has 16 heavy (non-hydrogen) atoms. The van der Waals surface area contributed by atoms with Gasteiger partial charge in [-0.1, -0.05) is 17.7 Å². The van der Waals surface area contributed by atoms with Crippen molar-refractivity contribution in [1.82, 2.24) is 0 Å². The molecule has 1 saturated heterocycles. The van der Waals surface area contributed by atoms with Crippen LogP contribution in [0.5, 0.6) is 0 Å². The maximum Gasteiger partial charge on any atom is 0.105 e. The van der Waals surface area contributed by atoms with Crippen LogP contribution in [0.1, 0.15) is 35.6 Å². The first-order valence-corrected chi connectivity index (χ1v) is 6.03. The number of rotatable bonds is 2. The van der Waals surface area contributed by atoms with E-state index in [-0.39, 0.29) is 6.10 Å². The second-order valence-electron chi connectivity index (χ2n) is 4.45. The molecule has 2 nitrogen and oxygen atoms in total. The van der Waals surface area contributed by atoms with E-state index < -0.39 is 6.10 Å². The van der Waals surface area contributed by atoms with Crippen LogP contribution in [0.3, 0.4) is 0 Å². The normalized spacial score (nSPS) is 22.4. The highest BCUT2D eigenvalue weighted by Crippen LogP contribution is 2.31. The van der Waals surface area contributed by atoms with Gasteiger partial charge >= 0.3 is 0 Å². The second kappa shape index (κ2) is 4.74. The fourth-order valence-corrected chi connectivity index (χ4v) is 2.39. The van der Waals surface area contributed by atoms with E-state index >= 15 is 0 Å². The zero-order valence-electron chi connectivity index (χ0n) is 9.66. The van der Waals surface area contributed by atoms with E-state index in [0.717, 1.165) is 41.2 Å². The maximum atomic E-state index is 10.2. The number of halogens is 1. The first-order valence-electron chi connectivity index (χ1n) is 5.66. The Balaban J connectivity index is 2.28. The summed E-state index contributed by atoms with van der Waals surface area (Å²) in [7, 11) is 0. The maximum absolute atomic E-state index is 10.2. The highest BCUT2D eigenvalue weighted by atomic mass is 35.5. The number of ether oxygens (including phenoxy) is 1. The quantitative estimate of drug-likeness (QED) is 0.861. The van der Waals surface area contributed by atoms with Crippen molar-refractivity contribution in [3.8, 4) is 0 Å². The van der Waals surface area contributed by atoms with Gasteiger partial charge in [0.25, 0.3) is 0 Å². The number of hydrogen-bond donors (Lipinski definition) is 1. The average Bonchev–Trinajstić information content (AvgIpc) is 2.75. The van der Waals surface area contributed by atoms with Crippen molar-refractivity contribution in [3.63, 3.8) is 0 Å². The highest BCUT2D eigenvalue weighted by molar-refractivity contribution is 6.31. The predicted molar refractivity (Wildman–Crippen MR) is 64.9 cm³/mol. The smallest absolute Gasteiger partial charge is 0.105 e. The third-order valence-electron chi connectivity index (χ3n) is 3.18. The van der Waals surface area contributed by atoms with Crippen LogP contribution in [0, 0.1) is 13.8 Å². The van der Waals surface area contributed by atoms with Gasteiger partial charge in [0.15, 0.2) is 0 Å². The van der Waals surface area contributed by atoms with Gasteiger partial charge in [-0.3, -0.25) is 0 Å². The van der Waals surface area contributed by atoms with Crippen LogP contribution in [0.4, 0.5) is 0 Å². The van der Waals surface area contributed by atoms with Crippen molar-refractivity contribution < 1.29 is 9.84 Å². The topological polar surface area (TPSA) is 29.5 Å². The van der Waals surface area contributed by atoms with Crippen LogP contribution in [-0.4, -0.2) is 17.8 Å². The Kier molecular flexibility index (Phi) is 3.53. The number of benzene rings is 1. The average molecular weight is 241 g/mol. The third-order valence-corrected chi connectivity index (χ3v) is 3.59. The molecule has 1 fully saturated rings. The summed E-state index contributed by atoms with van der Waals surface area (Å²) in [6.45, 7) is 4.68. The lowest BCUT2D eigenvalue weighted by atomic mass is 9.96.